The molecule has 1 N–H and O–H groups in total. The van der Waals surface area contributed by atoms with Crippen LogP contribution >= 0.6 is 0 Å². The molecule has 1 amide bonds. The van der Waals surface area contributed by atoms with Crippen molar-refractivity contribution >= 4 is 5.91 Å². The van der Waals surface area contributed by atoms with E-state index in [4.69, 9.17) is 5.11 Å². The Labute approximate surface area is 126 Å². The summed E-state index contributed by atoms with van der Waals surface area (Å²) in [4.78, 5) is 16.6. The van der Waals surface area contributed by atoms with Crippen molar-refractivity contribution in [1.82, 2.24) is 9.80 Å². The third kappa shape index (κ3) is 4.07. The van der Waals surface area contributed by atoms with E-state index in [0.717, 1.165) is 31.5 Å². The van der Waals surface area contributed by atoms with E-state index in [1.54, 1.807) is 0 Å². The molecular formula is C17H22N2O2. The first-order valence-electron chi connectivity index (χ1n) is 7.27. The highest BCUT2D eigenvalue weighted by atomic mass is 16.2. The molecule has 4 nitrogen and oxygen atoms in total. The average Bonchev–Trinajstić information content (AvgIpc) is 2.53. The summed E-state index contributed by atoms with van der Waals surface area (Å²) in [5.41, 5.74) is 1.51. The number of likely N-dealkylation sites (tertiary alicyclic amines) is 1. The predicted molar refractivity (Wildman–Crippen MR) is 83.0 cm³/mol. The van der Waals surface area contributed by atoms with Crippen molar-refractivity contribution in [2.45, 2.75) is 18.9 Å². The maximum Gasteiger partial charge on any atom is 0.253 e. The van der Waals surface area contributed by atoms with Crippen LogP contribution in [-0.2, 0) is 0 Å². The number of likely N-dealkylation sites (N-methyl/N-ethyl adjacent to an activating group) is 1. The number of piperidine rings is 1. The van der Waals surface area contributed by atoms with Gasteiger partial charge in [-0.05, 0) is 51.2 Å². The maximum absolute atomic E-state index is 12.5. The molecule has 1 aliphatic rings. The summed E-state index contributed by atoms with van der Waals surface area (Å²) < 4.78 is 0. The predicted octanol–water partition coefficient (Wildman–Crippen LogP) is 1.20. The summed E-state index contributed by atoms with van der Waals surface area (Å²) >= 11 is 0. The van der Waals surface area contributed by atoms with E-state index >= 15 is 0 Å². The van der Waals surface area contributed by atoms with Crippen molar-refractivity contribution in [3.05, 3.63) is 35.4 Å². The van der Waals surface area contributed by atoms with Crippen LogP contribution in [0.25, 0.3) is 0 Å². The number of benzene rings is 1. The summed E-state index contributed by atoms with van der Waals surface area (Å²) in [5.74, 6) is 5.52. The fraction of sp³-hybridized carbons (Fsp3) is 0.471. The molecule has 21 heavy (non-hydrogen) atoms. The minimum atomic E-state index is -0.152. The largest absolute Gasteiger partial charge is 0.384 e. The van der Waals surface area contributed by atoms with Gasteiger partial charge in [0.15, 0.2) is 0 Å². The number of carbonyl (C=O) groups is 1. The summed E-state index contributed by atoms with van der Waals surface area (Å²) in [6.45, 7) is 1.47. The van der Waals surface area contributed by atoms with E-state index in [2.05, 4.69) is 30.8 Å². The Hall–Kier alpha value is -1.83. The molecule has 112 valence electrons. The molecule has 0 radical (unpaired) electrons. The molecule has 1 heterocycles. The van der Waals surface area contributed by atoms with E-state index < -0.39 is 0 Å². The molecule has 1 atom stereocenters. The van der Waals surface area contributed by atoms with Gasteiger partial charge in [0.25, 0.3) is 5.91 Å². The Kier molecular flexibility index (Phi) is 5.38. The standard InChI is InChI=1S/C17H22N2O2/c1-18(2)16-6-3-11-19(13-16)17(21)15-9-7-14(8-10-15)5-4-12-20/h7-10,16,20H,3,6,11-13H2,1-2H3. The van der Waals surface area contributed by atoms with Crippen LogP contribution < -0.4 is 0 Å². The van der Waals surface area contributed by atoms with Crippen LogP contribution in [0.3, 0.4) is 0 Å². The molecule has 2 rings (SSSR count). The number of hydrogen-bond donors (Lipinski definition) is 1. The highest BCUT2D eigenvalue weighted by Crippen LogP contribution is 2.16. The van der Waals surface area contributed by atoms with E-state index in [9.17, 15) is 4.79 Å². The molecule has 1 aromatic rings. The van der Waals surface area contributed by atoms with Crippen molar-refractivity contribution in [2.75, 3.05) is 33.8 Å². The van der Waals surface area contributed by atoms with E-state index in [-0.39, 0.29) is 12.5 Å². The maximum atomic E-state index is 12.5. The molecule has 0 bridgehead atoms. The lowest BCUT2D eigenvalue weighted by atomic mass is 10.0. The summed E-state index contributed by atoms with van der Waals surface area (Å²) in [6.07, 6.45) is 2.20. The average molecular weight is 286 g/mol. The number of aliphatic hydroxyl groups is 1. The zero-order valence-corrected chi connectivity index (χ0v) is 12.7. The van der Waals surface area contributed by atoms with Crippen LogP contribution in [0.4, 0.5) is 0 Å². The van der Waals surface area contributed by atoms with Crippen molar-refractivity contribution in [3.63, 3.8) is 0 Å². The van der Waals surface area contributed by atoms with Crippen LogP contribution in [0.15, 0.2) is 24.3 Å². The summed E-state index contributed by atoms with van der Waals surface area (Å²) in [6, 6.07) is 7.70. The molecule has 1 unspecified atom stereocenters. The van der Waals surface area contributed by atoms with Crippen molar-refractivity contribution < 1.29 is 9.90 Å². The van der Waals surface area contributed by atoms with Gasteiger partial charge in [0, 0.05) is 30.3 Å². The number of hydrogen-bond acceptors (Lipinski definition) is 3. The molecule has 1 aromatic carbocycles. The molecule has 0 spiro atoms. The Morgan fingerprint density at radius 3 is 2.71 bits per heavy atom. The summed E-state index contributed by atoms with van der Waals surface area (Å²) in [5, 5.41) is 8.67. The van der Waals surface area contributed by atoms with Crippen molar-refractivity contribution in [1.29, 1.82) is 0 Å². The second-order valence-corrected chi connectivity index (χ2v) is 5.55. The third-order valence-electron chi connectivity index (χ3n) is 3.86. The number of nitrogens with zero attached hydrogens (tertiary/aromatic N) is 2. The zero-order chi connectivity index (χ0) is 15.2. The number of carbonyl (C=O) groups excluding carboxylic acids is 1. The van der Waals surface area contributed by atoms with E-state index in [1.165, 1.54) is 0 Å². The second kappa shape index (κ2) is 7.26. The topological polar surface area (TPSA) is 43.8 Å². The fourth-order valence-corrected chi connectivity index (χ4v) is 2.58. The first-order chi connectivity index (χ1) is 10.1. The lowest BCUT2D eigenvalue weighted by molar-refractivity contribution is 0.0635. The molecule has 1 saturated heterocycles. The van der Waals surface area contributed by atoms with Gasteiger partial charge in [0.1, 0.15) is 6.61 Å². The van der Waals surface area contributed by atoms with Crippen molar-refractivity contribution in [2.24, 2.45) is 0 Å². The molecule has 0 aromatic heterocycles. The lowest BCUT2D eigenvalue weighted by Crippen LogP contribution is -2.47. The molecule has 1 fully saturated rings. The van der Waals surface area contributed by atoms with E-state index in [0.29, 0.717) is 11.6 Å². The quantitative estimate of drug-likeness (QED) is 0.831. The van der Waals surface area contributed by atoms with Crippen LogP contribution in [0, 0.1) is 11.8 Å². The monoisotopic (exact) mass is 286 g/mol. The molecule has 1 aliphatic heterocycles. The Morgan fingerprint density at radius 2 is 2.10 bits per heavy atom. The fourth-order valence-electron chi connectivity index (χ4n) is 2.58. The van der Waals surface area contributed by atoms with Gasteiger partial charge < -0.3 is 14.9 Å². The van der Waals surface area contributed by atoms with Crippen LogP contribution in [0.5, 0.6) is 0 Å². The Balaban J connectivity index is 2.05. The highest BCUT2D eigenvalue weighted by molar-refractivity contribution is 5.94. The first kappa shape index (κ1) is 15.6. The third-order valence-corrected chi connectivity index (χ3v) is 3.86. The minimum absolute atomic E-state index is 0.0863. The Bertz CT molecular complexity index is 540. The van der Waals surface area contributed by atoms with Gasteiger partial charge in [0.05, 0.1) is 0 Å². The van der Waals surface area contributed by atoms with Gasteiger partial charge in [0.2, 0.25) is 0 Å². The SMILES string of the molecule is CN(C)C1CCCN(C(=O)c2ccc(C#CCO)cc2)C1. The van der Waals surface area contributed by atoms with Crippen LogP contribution in [0.1, 0.15) is 28.8 Å². The van der Waals surface area contributed by atoms with Gasteiger partial charge in [-0.15, -0.1) is 0 Å². The first-order valence-corrected chi connectivity index (χ1v) is 7.27. The van der Waals surface area contributed by atoms with Gasteiger partial charge in [-0.3, -0.25) is 4.79 Å². The Morgan fingerprint density at radius 1 is 1.38 bits per heavy atom. The normalized spacial score (nSPS) is 18.3. The summed E-state index contributed by atoms with van der Waals surface area (Å²) in [7, 11) is 4.13. The van der Waals surface area contributed by atoms with Crippen molar-refractivity contribution in [3.8, 4) is 11.8 Å². The van der Waals surface area contributed by atoms with Crippen LogP contribution in [-0.4, -0.2) is 60.6 Å². The molecule has 4 heteroatoms. The highest BCUT2D eigenvalue weighted by Gasteiger charge is 2.25. The zero-order valence-electron chi connectivity index (χ0n) is 12.7. The van der Waals surface area contributed by atoms with Crippen LogP contribution in [0.2, 0.25) is 0 Å². The number of rotatable bonds is 2. The van der Waals surface area contributed by atoms with Gasteiger partial charge in [-0.2, -0.15) is 0 Å². The molecule has 0 aliphatic carbocycles. The number of aliphatic hydroxyl groups excluding tert-OH is 1. The molecule has 0 saturated carbocycles. The lowest BCUT2D eigenvalue weighted by Gasteiger charge is -2.36. The van der Waals surface area contributed by atoms with Gasteiger partial charge >= 0.3 is 0 Å². The van der Waals surface area contributed by atoms with Gasteiger partial charge in [-0.1, -0.05) is 11.8 Å². The number of amides is 1. The second-order valence-electron chi connectivity index (χ2n) is 5.55. The smallest absolute Gasteiger partial charge is 0.253 e. The molecular weight excluding hydrogens is 264 g/mol. The van der Waals surface area contributed by atoms with Gasteiger partial charge in [-0.25, -0.2) is 0 Å². The van der Waals surface area contributed by atoms with E-state index in [1.807, 2.05) is 29.2 Å². The minimum Gasteiger partial charge on any atom is -0.384 e.